The van der Waals surface area contributed by atoms with Crippen LogP contribution in [0.1, 0.15) is 24.0 Å². The molecule has 0 saturated carbocycles. The van der Waals surface area contributed by atoms with Crippen molar-refractivity contribution in [3.63, 3.8) is 0 Å². The van der Waals surface area contributed by atoms with Gasteiger partial charge in [0.25, 0.3) is 0 Å². The molecule has 1 aliphatic heterocycles. The highest BCUT2D eigenvalue weighted by Gasteiger charge is 2.35. The Morgan fingerprint density at radius 2 is 1.80 bits per heavy atom. The number of rotatable bonds is 8. The summed E-state index contributed by atoms with van der Waals surface area (Å²) in [4.78, 5) is 38.8. The van der Waals surface area contributed by atoms with Crippen LogP contribution >= 0.6 is 11.6 Å². The molecule has 0 aliphatic carbocycles. The van der Waals surface area contributed by atoms with E-state index < -0.39 is 12.0 Å². The van der Waals surface area contributed by atoms with Gasteiger partial charge in [0.2, 0.25) is 11.8 Å². The summed E-state index contributed by atoms with van der Waals surface area (Å²) in [6, 6.07) is 16.1. The average molecular weight is 429 g/mol. The van der Waals surface area contributed by atoms with E-state index >= 15 is 0 Å². The molecule has 1 aliphatic rings. The number of halogens is 1. The second-order valence-electron chi connectivity index (χ2n) is 7.21. The molecule has 3 rings (SSSR count). The molecule has 1 saturated heterocycles. The number of carbonyl (C=O) groups is 3. The van der Waals surface area contributed by atoms with Gasteiger partial charge in [0.05, 0.1) is 19.4 Å². The summed E-state index contributed by atoms with van der Waals surface area (Å²) in [7, 11) is 0. The van der Waals surface area contributed by atoms with Crippen LogP contribution in [0.15, 0.2) is 54.6 Å². The van der Waals surface area contributed by atoms with Crippen LogP contribution in [0.2, 0.25) is 5.02 Å². The third-order valence-electron chi connectivity index (χ3n) is 5.00. The standard InChI is InChI=1S/C23H25ClN2O4/c24-19-10-8-18(9-11-19)15-21(27)26-13-12-25-23(29)20(26)16-22(28)30-14-4-7-17-5-2-1-3-6-17/h1-3,5-6,8-11,20H,4,7,12-16H2,(H,25,29). The molecular weight excluding hydrogens is 404 g/mol. The first-order valence-corrected chi connectivity index (χ1v) is 10.4. The van der Waals surface area contributed by atoms with E-state index in [1.807, 2.05) is 30.3 Å². The molecule has 30 heavy (non-hydrogen) atoms. The van der Waals surface area contributed by atoms with Crippen LogP contribution in [0.5, 0.6) is 0 Å². The zero-order chi connectivity index (χ0) is 21.3. The van der Waals surface area contributed by atoms with Crippen molar-refractivity contribution in [1.82, 2.24) is 10.2 Å². The molecule has 1 heterocycles. The summed E-state index contributed by atoms with van der Waals surface area (Å²) >= 11 is 5.88. The van der Waals surface area contributed by atoms with E-state index in [1.54, 1.807) is 24.3 Å². The lowest BCUT2D eigenvalue weighted by Gasteiger charge is -2.34. The van der Waals surface area contributed by atoms with Crippen LogP contribution in [0.25, 0.3) is 0 Å². The second-order valence-corrected chi connectivity index (χ2v) is 7.65. The average Bonchev–Trinajstić information content (AvgIpc) is 2.75. The normalized spacial score (nSPS) is 16.1. The van der Waals surface area contributed by atoms with Crippen LogP contribution in [0.3, 0.4) is 0 Å². The van der Waals surface area contributed by atoms with E-state index in [1.165, 1.54) is 10.5 Å². The van der Waals surface area contributed by atoms with E-state index in [9.17, 15) is 14.4 Å². The molecular formula is C23H25ClN2O4. The number of aryl methyl sites for hydroxylation is 1. The van der Waals surface area contributed by atoms with Gasteiger partial charge in [-0.15, -0.1) is 0 Å². The van der Waals surface area contributed by atoms with Crippen molar-refractivity contribution in [3.8, 4) is 0 Å². The fraction of sp³-hybridized carbons (Fsp3) is 0.348. The van der Waals surface area contributed by atoms with Gasteiger partial charge in [0.1, 0.15) is 6.04 Å². The molecule has 2 aromatic rings. The predicted molar refractivity (Wildman–Crippen MR) is 114 cm³/mol. The van der Waals surface area contributed by atoms with Gasteiger partial charge in [-0.05, 0) is 36.1 Å². The first kappa shape index (κ1) is 21.8. The number of nitrogens with one attached hydrogen (secondary N) is 1. The maximum Gasteiger partial charge on any atom is 0.308 e. The summed E-state index contributed by atoms with van der Waals surface area (Å²) in [5.41, 5.74) is 1.98. The van der Waals surface area contributed by atoms with Gasteiger partial charge >= 0.3 is 5.97 Å². The Balaban J connectivity index is 1.50. The molecule has 2 amide bonds. The molecule has 158 valence electrons. The third-order valence-corrected chi connectivity index (χ3v) is 5.25. The monoisotopic (exact) mass is 428 g/mol. The highest BCUT2D eigenvalue weighted by atomic mass is 35.5. The first-order valence-electron chi connectivity index (χ1n) is 10.0. The Morgan fingerprint density at radius 1 is 1.07 bits per heavy atom. The zero-order valence-electron chi connectivity index (χ0n) is 16.7. The van der Waals surface area contributed by atoms with Crippen LogP contribution in [-0.2, 0) is 32.0 Å². The molecule has 1 unspecified atom stereocenters. The van der Waals surface area contributed by atoms with Gasteiger partial charge in [0, 0.05) is 18.1 Å². The maximum absolute atomic E-state index is 12.8. The largest absolute Gasteiger partial charge is 0.466 e. The topological polar surface area (TPSA) is 75.7 Å². The summed E-state index contributed by atoms with van der Waals surface area (Å²) in [5.74, 6) is -1.00. The van der Waals surface area contributed by atoms with Gasteiger partial charge in [0.15, 0.2) is 0 Å². The van der Waals surface area contributed by atoms with Gasteiger partial charge in [-0.2, -0.15) is 0 Å². The van der Waals surface area contributed by atoms with E-state index in [0.29, 0.717) is 24.5 Å². The van der Waals surface area contributed by atoms with Crippen LogP contribution < -0.4 is 5.32 Å². The molecule has 0 spiro atoms. The molecule has 1 atom stereocenters. The highest BCUT2D eigenvalue weighted by Crippen LogP contribution is 2.15. The number of esters is 1. The molecule has 0 bridgehead atoms. The number of piperazine rings is 1. The molecule has 2 aromatic carbocycles. The van der Waals surface area contributed by atoms with Gasteiger partial charge in [-0.25, -0.2) is 0 Å². The Labute approximate surface area is 181 Å². The van der Waals surface area contributed by atoms with E-state index in [-0.39, 0.29) is 31.3 Å². The minimum Gasteiger partial charge on any atom is -0.466 e. The zero-order valence-corrected chi connectivity index (χ0v) is 17.4. The predicted octanol–water partition coefficient (Wildman–Crippen LogP) is 2.78. The molecule has 1 fully saturated rings. The van der Waals surface area contributed by atoms with Crippen molar-refractivity contribution >= 4 is 29.4 Å². The number of hydrogen-bond acceptors (Lipinski definition) is 4. The molecule has 7 heteroatoms. The molecule has 0 radical (unpaired) electrons. The summed E-state index contributed by atoms with van der Waals surface area (Å²) < 4.78 is 5.30. The number of amides is 2. The molecule has 1 N–H and O–H groups in total. The Hall–Kier alpha value is -2.86. The Kier molecular flexibility index (Phi) is 7.85. The Morgan fingerprint density at radius 3 is 2.53 bits per heavy atom. The van der Waals surface area contributed by atoms with Gasteiger partial charge < -0.3 is 15.0 Å². The number of ether oxygens (including phenoxy) is 1. The van der Waals surface area contributed by atoms with Crippen molar-refractivity contribution in [1.29, 1.82) is 0 Å². The van der Waals surface area contributed by atoms with Crippen molar-refractivity contribution in [2.45, 2.75) is 31.7 Å². The minimum absolute atomic E-state index is 0.146. The van der Waals surface area contributed by atoms with Gasteiger partial charge in [-0.1, -0.05) is 54.1 Å². The van der Waals surface area contributed by atoms with Crippen LogP contribution in [-0.4, -0.2) is 48.4 Å². The van der Waals surface area contributed by atoms with E-state index in [2.05, 4.69) is 5.32 Å². The summed E-state index contributed by atoms with van der Waals surface area (Å²) in [6.45, 7) is 1.01. The Bertz CT molecular complexity index is 871. The van der Waals surface area contributed by atoms with Gasteiger partial charge in [-0.3, -0.25) is 14.4 Å². The fourth-order valence-corrected chi connectivity index (χ4v) is 3.54. The number of benzene rings is 2. The van der Waals surface area contributed by atoms with Crippen molar-refractivity contribution in [3.05, 3.63) is 70.7 Å². The lowest BCUT2D eigenvalue weighted by atomic mass is 10.1. The number of carbonyl (C=O) groups excluding carboxylic acids is 3. The van der Waals surface area contributed by atoms with E-state index in [4.69, 9.17) is 16.3 Å². The van der Waals surface area contributed by atoms with Crippen molar-refractivity contribution < 1.29 is 19.1 Å². The highest BCUT2D eigenvalue weighted by molar-refractivity contribution is 6.30. The van der Waals surface area contributed by atoms with Crippen LogP contribution in [0.4, 0.5) is 0 Å². The molecule has 6 nitrogen and oxygen atoms in total. The van der Waals surface area contributed by atoms with E-state index in [0.717, 1.165) is 12.0 Å². The number of nitrogens with zero attached hydrogens (tertiary/aromatic N) is 1. The second kappa shape index (κ2) is 10.8. The lowest BCUT2D eigenvalue weighted by molar-refractivity contribution is -0.151. The molecule has 0 aromatic heterocycles. The summed E-state index contributed by atoms with van der Waals surface area (Å²) in [5, 5.41) is 3.32. The van der Waals surface area contributed by atoms with Crippen LogP contribution in [0, 0.1) is 0 Å². The first-order chi connectivity index (χ1) is 14.5. The maximum atomic E-state index is 12.8. The fourth-order valence-electron chi connectivity index (χ4n) is 3.42. The minimum atomic E-state index is -0.847. The quantitative estimate of drug-likeness (QED) is 0.518. The third kappa shape index (κ3) is 6.32. The SMILES string of the molecule is O=C(CC1C(=O)NCCN1C(=O)Cc1ccc(Cl)cc1)OCCCc1ccccc1. The van der Waals surface area contributed by atoms with Crippen molar-refractivity contribution in [2.24, 2.45) is 0 Å². The van der Waals surface area contributed by atoms with Crippen molar-refractivity contribution in [2.75, 3.05) is 19.7 Å². The lowest BCUT2D eigenvalue weighted by Crippen LogP contribution is -2.58. The number of hydrogen-bond donors (Lipinski definition) is 1. The smallest absolute Gasteiger partial charge is 0.308 e. The summed E-state index contributed by atoms with van der Waals surface area (Å²) in [6.07, 6.45) is 1.51.